The Morgan fingerprint density at radius 1 is 1.37 bits per heavy atom. The molecule has 1 rings (SSSR count). The summed E-state index contributed by atoms with van der Waals surface area (Å²) in [7, 11) is 0. The van der Waals surface area contributed by atoms with Crippen LogP contribution >= 0.6 is 11.8 Å². The van der Waals surface area contributed by atoms with Gasteiger partial charge in [-0.05, 0) is 31.2 Å². The number of hydrogen-bond donors (Lipinski definition) is 3. The molecule has 106 valence electrons. The summed E-state index contributed by atoms with van der Waals surface area (Å²) in [6, 6.07) is 5.31. The Bertz CT molecular complexity index is 436. The largest absolute Gasteiger partial charge is 0.396 e. The number of anilines is 2. The first-order chi connectivity index (χ1) is 8.99. The molecule has 0 fully saturated rings. The predicted octanol–water partition coefficient (Wildman–Crippen LogP) is 2.70. The topological polar surface area (TPSA) is 81.1 Å². The van der Waals surface area contributed by atoms with Gasteiger partial charge in [0.15, 0.2) is 0 Å². The van der Waals surface area contributed by atoms with Gasteiger partial charge in [-0.15, -0.1) is 0 Å². The van der Waals surface area contributed by atoms with E-state index in [0.29, 0.717) is 11.3 Å². The number of hydrogen-bond acceptors (Lipinski definition) is 4. The molecule has 0 aliphatic heterocycles. The highest BCUT2D eigenvalue weighted by atomic mass is 32.2. The van der Waals surface area contributed by atoms with Crippen LogP contribution in [-0.4, -0.2) is 23.5 Å². The minimum Gasteiger partial charge on any atom is -0.396 e. The molecule has 0 unspecified atom stereocenters. The van der Waals surface area contributed by atoms with Gasteiger partial charge in [0, 0.05) is 11.3 Å². The number of primary amides is 1. The van der Waals surface area contributed by atoms with E-state index in [2.05, 4.69) is 25.4 Å². The molecule has 0 bridgehead atoms. The van der Waals surface area contributed by atoms with Crippen LogP contribution in [0.4, 0.5) is 11.4 Å². The number of thioether (sulfide) groups is 1. The second-order valence-corrected chi connectivity index (χ2v) is 5.85. The molecule has 0 aromatic heterocycles. The minimum absolute atomic E-state index is 0.190. The number of rotatable bonds is 7. The van der Waals surface area contributed by atoms with Crippen LogP contribution in [0.15, 0.2) is 18.2 Å². The average molecular weight is 281 g/mol. The Balaban J connectivity index is 2.89. The van der Waals surface area contributed by atoms with Gasteiger partial charge in [0.2, 0.25) is 0 Å². The van der Waals surface area contributed by atoms with Gasteiger partial charge >= 0.3 is 0 Å². The van der Waals surface area contributed by atoms with E-state index in [1.165, 1.54) is 0 Å². The van der Waals surface area contributed by atoms with Crippen LogP contribution in [0.1, 0.15) is 37.0 Å². The third-order valence-electron chi connectivity index (χ3n) is 3.69. The van der Waals surface area contributed by atoms with Gasteiger partial charge in [0.05, 0.1) is 16.9 Å². The minimum atomic E-state index is -0.497. The quantitative estimate of drug-likeness (QED) is 0.671. The zero-order valence-electron chi connectivity index (χ0n) is 11.8. The number of nitrogen functional groups attached to an aromatic ring is 1. The predicted molar refractivity (Wildman–Crippen MR) is 84.7 cm³/mol. The van der Waals surface area contributed by atoms with E-state index in [4.69, 9.17) is 11.5 Å². The van der Waals surface area contributed by atoms with Crippen LogP contribution in [-0.2, 0) is 0 Å². The van der Waals surface area contributed by atoms with Crippen LogP contribution in [0.3, 0.4) is 0 Å². The van der Waals surface area contributed by atoms with Crippen LogP contribution in [0.25, 0.3) is 0 Å². The van der Waals surface area contributed by atoms with Gasteiger partial charge in [0.1, 0.15) is 0 Å². The van der Waals surface area contributed by atoms with Gasteiger partial charge < -0.3 is 16.8 Å². The van der Waals surface area contributed by atoms with Crippen molar-refractivity contribution in [1.82, 2.24) is 0 Å². The third-order valence-corrected chi connectivity index (χ3v) is 5.28. The maximum atomic E-state index is 11.3. The second-order valence-electron chi connectivity index (χ2n) is 4.58. The summed E-state index contributed by atoms with van der Waals surface area (Å²) in [5.41, 5.74) is 12.8. The van der Waals surface area contributed by atoms with Gasteiger partial charge in [-0.1, -0.05) is 19.9 Å². The fourth-order valence-corrected chi connectivity index (χ4v) is 2.85. The van der Waals surface area contributed by atoms with E-state index < -0.39 is 5.91 Å². The number of carbonyl (C=O) groups is 1. The molecule has 0 saturated heterocycles. The van der Waals surface area contributed by atoms with Crippen molar-refractivity contribution in [2.45, 2.75) is 31.4 Å². The lowest BCUT2D eigenvalue weighted by molar-refractivity contribution is 0.100. The summed E-state index contributed by atoms with van der Waals surface area (Å²) in [5.74, 6) is -0.497. The molecule has 0 heterocycles. The highest BCUT2D eigenvalue weighted by Gasteiger charge is 2.24. The van der Waals surface area contributed by atoms with Gasteiger partial charge in [-0.25, -0.2) is 0 Å². The Morgan fingerprint density at radius 2 is 2.00 bits per heavy atom. The van der Waals surface area contributed by atoms with E-state index in [-0.39, 0.29) is 4.75 Å². The molecule has 0 spiro atoms. The molecule has 0 radical (unpaired) electrons. The first-order valence-corrected chi connectivity index (χ1v) is 7.69. The first-order valence-electron chi connectivity index (χ1n) is 6.47. The van der Waals surface area contributed by atoms with Crippen molar-refractivity contribution in [2.75, 3.05) is 23.9 Å². The summed E-state index contributed by atoms with van der Waals surface area (Å²) < 4.78 is 0.190. The van der Waals surface area contributed by atoms with Crippen molar-refractivity contribution >= 4 is 29.0 Å². The maximum Gasteiger partial charge on any atom is 0.250 e. The molecule has 4 nitrogen and oxygen atoms in total. The second kappa shape index (κ2) is 6.70. The zero-order chi connectivity index (χ0) is 14.5. The van der Waals surface area contributed by atoms with Gasteiger partial charge in [-0.2, -0.15) is 11.8 Å². The molecular formula is C14H23N3OS. The van der Waals surface area contributed by atoms with Crippen molar-refractivity contribution in [2.24, 2.45) is 5.73 Å². The number of amides is 1. The van der Waals surface area contributed by atoms with Crippen molar-refractivity contribution in [3.05, 3.63) is 23.8 Å². The molecule has 0 aliphatic rings. The Morgan fingerprint density at radius 3 is 2.47 bits per heavy atom. The van der Waals surface area contributed by atoms with Crippen molar-refractivity contribution < 1.29 is 4.79 Å². The summed E-state index contributed by atoms with van der Waals surface area (Å²) in [4.78, 5) is 11.3. The molecule has 5 N–H and O–H groups in total. The number of carbonyl (C=O) groups excluding carboxylic acids is 1. The van der Waals surface area contributed by atoms with E-state index in [0.717, 1.165) is 25.1 Å². The number of nitrogens with one attached hydrogen (secondary N) is 1. The van der Waals surface area contributed by atoms with E-state index >= 15 is 0 Å². The highest BCUT2D eigenvalue weighted by Crippen LogP contribution is 2.32. The Hall–Kier alpha value is -1.36. The lowest BCUT2D eigenvalue weighted by Gasteiger charge is -2.30. The zero-order valence-corrected chi connectivity index (χ0v) is 12.6. The molecule has 1 amide bonds. The van der Waals surface area contributed by atoms with Crippen LogP contribution < -0.4 is 16.8 Å². The molecule has 0 atom stereocenters. The molecule has 1 aromatic carbocycles. The molecule has 0 saturated carbocycles. The maximum absolute atomic E-state index is 11.3. The smallest absolute Gasteiger partial charge is 0.250 e. The van der Waals surface area contributed by atoms with Crippen molar-refractivity contribution in [3.8, 4) is 0 Å². The highest BCUT2D eigenvalue weighted by molar-refractivity contribution is 8.00. The van der Waals surface area contributed by atoms with E-state index in [9.17, 15) is 4.79 Å². The monoisotopic (exact) mass is 281 g/mol. The molecular weight excluding hydrogens is 258 g/mol. The molecule has 1 aromatic rings. The summed E-state index contributed by atoms with van der Waals surface area (Å²) in [5, 5.41) is 3.35. The Labute approximate surface area is 119 Å². The molecule has 19 heavy (non-hydrogen) atoms. The lowest BCUT2D eigenvalue weighted by Crippen LogP contribution is -2.32. The molecule has 0 aliphatic carbocycles. The summed E-state index contributed by atoms with van der Waals surface area (Å²) >= 11 is 1.86. The van der Waals surface area contributed by atoms with Crippen LogP contribution in [0, 0.1) is 0 Å². The SMILES string of the molecule is CCC(CC)(CNc1cccc(C(N)=O)c1N)SC. The van der Waals surface area contributed by atoms with Crippen molar-refractivity contribution in [1.29, 1.82) is 0 Å². The van der Waals surface area contributed by atoms with E-state index in [1.54, 1.807) is 12.1 Å². The fourth-order valence-electron chi connectivity index (χ4n) is 2.05. The average Bonchev–Trinajstić information content (AvgIpc) is 2.42. The number of nitrogens with two attached hydrogens (primary N) is 2. The normalized spacial score (nSPS) is 11.3. The number of benzene rings is 1. The van der Waals surface area contributed by atoms with Crippen LogP contribution in [0.5, 0.6) is 0 Å². The number of para-hydroxylation sites is 1. The van der Waals surface area contributed by atoms with Crippen LogP contribution in [0.2, 0.25) is 0 Å². The van der Waals surface area contributed by atoms with Gasteiger partial charge in [0.25, 0.3) is 5.91 Å². The lowest BCUT2D eigenvalue weighted by atomic mass is 10.0. The Kier molecular flexibility index (Phi) is 5.54. The summed E-state index contributed by atoms with van der Waals surface area (Å²) in [6.45, 7) is 5.18. The first kappa shape index (κ1) is 15.7. The van der Waals surface area contributed by atoms with E-state index in [1.807, 2.05) is 17.8 Å². The van der Waals surface area contributed by atoms with Gasteiger partial charge in [-0.3, -0.25) is 4.79 Å². The third kappa shape index (κ3) is 3.56. The molecule has 5 heteroatoms. The standard InChI is InChI=1S/C14H23N3OS/c1-4-14(5-2,19-3)9-17-11-8-6-7-10(12(11)15)13(16)18/h6-8,17H,4-5,9,15H2,1-3H3,(H2,16,18). The fraction of sp³-hybridized carbons (Fsp3) is 0.500. The summed E-state index contributed by atoms with van der Waals surface area (Å²) in [6.07, 6.45) is 4.28. The van der Waals surface area contributed by atoms with Crippen molar-refractivity contribution in [3.63, 3.8) is 0 Å².